The van der Waals surface area contributed by atoms with Gasteiger partial charge in [0.15, 0.2) is 0 Å². The molecular weight excluding hydrogens is 292 g/mol. The maximum atomic E-state index is 5.83. The van der Waals surface area contributed by atoms with Crippen LogP contribution in [0.25, 0.3) is 0 Å². The van der Waals surface area contributed by atoms with Crippen LogP contribution in [0, 0.1) is 0 Å². The summed E-state index contributed by atoms with van der Waals surface area (Å²) in [6.45, 7) is 8.15. The third kappa shape index (κ3) is 5.77. The van der Waals surface area contributed by atoms with Crippen molar-refractivity contribution >= 4 is 0 Å². The molecule has 1 atom stereocenters. The Morgan fingerprint density at radius 3 is 2.70 bits per heavy atom. The van der Waals surface area contributed by atoms with Crippen LogP contribution in [0.4, 0.5) is 0 Å². The Balaban J connectivity index is 1.31. The van der Waals surface area contributed by atoms with Gasteiger partial charge >= 0.3 is 0 Å². The van der Waals surface area contributed by atoms with E-state index in [4.69, 9.17) is 14.2 Å². The molecule has 1 aromatic rings. The number of benzene rings is 1. The van der Waals surface area contributed by atoms with Gasteiger partial charge in [0, 0.05) is 39.3 Å². The normalized spacial score (nSPS) is 22.3. The quantitative estimate of drug-likeness (QED) is 0.789. The Bertz CT molecular complexity index is 440. The molecule has 2 fully saturated rings. The average Bonchev–Trinajstić information content (AvgIpc) is 3.11. The lowest BCUT2D eigenvalue weighted by Gasteiger charge is -2.26. The van der Waals surface area contributed by atoms with Crippen molar-refractivity contribution in [3.05, 3.63) is 29.8 Å². The van der Waals surface area contributed by atoms with Crippen LogP contribution in [0.5, 0.6) is 5.75 Å². The Morgan fingerprint density at radius 2 is 1.96 bits per heavy atom. The summed E-state index contributed by atoms with van der Waals surface area (Å²) in [6, 6.07) is 8.38. The molecule has 0 saturated carbocycles. The highest BCUT2D eigenvalue weighted by Gasteiger charge is 2.14. The third-order valence-electron chi connectivity index (χ3n) is 4.43. The van der Waals surface area contributed by atoms with Crippen molar-refractivity contribution < 1.29 is 14.2 Å². The summed E-state index contributed by atoms with van der Waals surface area (Å²) in [7, 11) is 0. The molecule has 0 radical (unpaired) electrons. The SMILES string of the molecule is c1cc(OCCN2CCOCC2)ccc1CNCC1CCCO1. The summed E-state index contributed by atoms with van der Waals surface area (Å²) in [5.74, 6) is 0.945. The number of hydrogen-bond acceptors (Lipinski definition) is 5. The largest absolute Gasteiger partial charge is 0.492 e. The van der Waals surface area contributed by atoms with E-state index in [2.05, 4.69) is 34.5 Å². The lowest BCUT2D eigenvalue weighted by atomic mass is 10.2. The number of nitrogens with one attached hydrogen (secondary N) is 1. The zero-order valence-corrected chi connectivity index (χ0v) is 13.8. The lowest BCUT2D eigenvalue weighted by molar-refractivity contribution is 0.0322. The van der Waals surface area contributed by atoms with Gasteiger partial charge in [-0.2, -0.15) is 0 Å². The zero-order valence-electron chi connectivity index (χ0n) is 13.8. The van der Waals surface area contributed by atoms with Gasteiger partial charge in [0.05, 0.1) is 19.3 Å². The second kappa shape index (κ2) is 9.23. The minimum absolute atomic E-state index is 0.401. The van der Waals surface area contributed by atoms with E-state index < -0.39 is 0 Å². The molecule has 23 heavy (non-hydrogen) atoms. The van der Waals surface area contributed by atoms with E-state index >= 15 is 0 Å². The molecule has 0 bridgehead atoms. The molecule has 5 nitrogen and oxygen atoms in total. The van der Waals surface area contributed by atoms with Crippen molar-refractivity contribution in [2.75, 3.05) is 52.6 Å². The number of rotatable bonds is 8. The van der Waals surface area contributed by atoms with E-state index in [9.17, 15) is 0 Å². The van der Waals surface area contributed by atoms with Crippen LogP contribution in [0.15, 0.2) is 24.3 Å². The number of hydrogen-bond donors (Lipinski definition) is 1. The summed E-state index contributed by atoms with van der Waals surface area (Å²) in [5.41, 5.74) is 1.28. The molecule has 2 heterocycles. The molecular formula is C18H28N2O3. The number of nitrogens with zero attached hydrogens (tertiary/aromatic N) is 1. The van der Waals surface area contributed by atoms with Gasteiger partial charge in [-0.05, 0) is 30.5 Å². The summed E-state index contributed by atoms with van der Waals surface area (Å²) < 4.78 is 16.8. The summed E-state index contributed by atoms with van der Waals surface area (Å²) >= 11 is 0. The molecule has 128 valence electrons. The van der Waals surface area contributed by atoms with E-state index in [-0.39, 0.29) is 0 Å². The van der Waals surface area contributed by atoms with Gasteiger partial charge < -0.3 is 19.5 Å². The number of ether oxygens (including phenoxy) is 3. The average molecular weight is 320 g/mol. The topological polar surface area (TPSA) is 43.0 Å². The Morgan fingerprint density at radius 1 is 1.13 bits per heavy atom. The van der Waals surface area contributed by atoms with Crippen LogP contribution in [-0.4, -0.2) is 63.6 Å². The number of morpholine rings is 1. The van der Waals surface area contributed by atoms with Crippen LogP contribution in [0.1, 0.15) is 18.4 Å². The van der Waals surface area contributed by atoms with Crippen molar-refractivity contribution in [2.45, 2.75) is 25.5 Å². The van der Waals surface area contributed by atoms with Gasteiger partial charge in [0.2, 0.25) is 0 Å². The van der Waals surface area contributed by atoms with Crippen LogP contribution in [-0.2, 0) is 16.0 Å². The van der Waals surface area contributed by atoms with Crippen molar-refractivity contribution in [2.24, 2.45) is 0 Å². The molecule has 1 aromatic carbocycles. The Kier molecular flexibility index (Phi) is 6.70. The fraction of sp³-hybridized carbons (Fsp3) is 0.667. The van der Waals surface area contributed by atoms with Gasteiger partial charge in [0.1, 0.15) is 12.4 Å². The molecule has 0 aromatic heterocycles. The second-order valence-electron chi connectivity index (χ2n) is 6.21. The molecule has 3 rings (SSSR count). The van der Waals surface area contributed by atoms with Crippen LogP contribution >= 0.6 is 0 Å². The highest BCUT2D eigenvalue weighted by Crippen LogP contribution is 2.13. The van der Waals surface area contributed by atoms with Gasteiger partial charge in [-0.3, -0.25) is 4.90 Å². The molecule has 0 spiro atoms. The first-order valence-corrected chi connectivity index (χ1v) is 8.74. The van der Waals surface area contributed by atoms with Gasteiger partial charge in [-0.25, -0.2) is 0 Å². The van der Waals surface area contributed by atoms with Crippen molar-refractivity contribution in [3.8, 4) is 5.75 Å². The van der Waals surface area contributed by atoms with Crippen molar-refractivity contribution in [1.29, 1.82) is 0 Å². The smallest absolute Gasteiger partial charge is 0.119 e. The standard InChI is InChI=1S/C18H28N2O3/c1-2-18(22-10-1)15-19-14-16-3-5-17(6-4-16)23-13-9-20-7-11-21-12-8-20/h3-6,18-19H,1-2,7-15H2. The van der Waals surface area contributed by atoms with E-state index in [0.717, 1.165) is 64.9 Å². The summed E-state index contributed by atoms with van der Waals surface area (Å²) in [5, 5.41) is 3.46. The fourth-order valence-corrected chi connectivity index (χ4v) is 3.00. The maximum absolute atomic E-state index is 5.83. The Labute approximate surface area is 138 Å². The van der Waals surface area contributed by atoms with E-state index in [0.29, 0.717) is 6.10 Å². The van der Waals surface area contributed by atoms with Crippen molar-refractivity contribution in [1.82, 2.24) is 10.2 Å². The third-order valence-corrected chi connectivity index (χ3v) is 4.43. The van der Waals surface area contributed by atoms with Crippen LogP contribution in [0.2, 0.25) is 0 Å². The molecule has 0 amide bonds. The molecule has 0 aliphatic carbocycles. The van der Waals surface area contributed by atoms with E-state index in [1.54, 1.807) is 0 Å². The molecule has 2 aliphatic rings. The molecule has 5 heteroatoms. The van der Waals surface area contributed by atoms with Gasteiger partial charge in [-0.1, -0.05) is 12.1 Å². The maximum Gasteiger partial charge on any atom is 0.119 e. The fourth-order valence-electron chi connectivity index (χ4n) is 3.00. The van der Waals surface area contributed by atoms with Crippen LogP contribution < -0.4 is 10.1 Å². The second-order valence-corrected chi connectivity index (χ2v) is 6.21. The van der Waals surface area contributed by atoms with Crippen molar-refractivity contribution in [3.63, 3.8) is 0 Å². The first kappa shape index (κ1) is 16.7. The molecule has 2 aliphatic heterocycles. The van der Waals surface area contributed by atoms with E-state index in [1.807, 2.05) is 0 Å². The first-order chi connectivity index (χ1) is 11.4. The molecule has 1 unspecified atom stereocenters. The molecule has 2 saturated heterocycles. The predicted molar refractivity (Wildman–Crippen MR) is 89.9 cm³/mol. The lowest BCUT2D eigenvalue weighted by Crippen LogP contribution is -2.38. The van der Waals surface area contributed by atoms with E-state index in [1.165, 1.54) is 18.4 Å². The Hall–Kier alpha value is -1.14. The molecule has 1 N–H and O–H groups in total. The highest BCUT2D eigenvalue weighted by atomic mass is 16.5. The predicted octanol–water partition coefficient (Wildman–Crippen LogP) is 1.67. The summed E-state index contributed by atoms with van der Waals surface area (Å²) in [6.07, 6.45) is 2.78. The van der Waals surface area contributed by atoms with Crippen LogP contribution in [0.3, 0.4) is 0 Å². The van der Waals surface area contributed by atoms with Gasteiger partial charge in [0.25, 0.3) is 0 Å². The van der Waals surface area contributed by atoms with Gasteiger partial charge in [-0.15, -0.1) is 0 Å². The minimum Gasteiger partial charge on any atom is -0.492 e. The zero-order chi connectivity index (χ0) is 15.7. The first-order valence-electron chi connectivity index (χ1n) is 8.74. The minimum atomic E-state index is 0.401. The summed E-state index contributed by atoms with van der Waals surface area (Å²) in [4.78, 5) is 2.38. The highest BCUT2D eigenvalue weighted by molar-refractivity contribution is 5.27. The monoisotopic (exact) mass is 320 g/mol.